The predicted molar refractivity (Wildman–Crippen MR) is 63.7 cm³/mol. The Morgan fingerprint density at radius 1 is 1.20 bits per heavy atom. The van der Waals surface area contributed by atoms with Crippen LogP contribution in [-0.4, -0.2) is 12.5 Å². The lowest BCUT2D eigenvalue weighted by molar-refractivity contribution is -0.122. The van der Waals surface area contributed by atoms with Crippen molar-refractivity contribution in [3.8, 4) is 0 Å². The van der Waals surface area contributed by atoms with Crippen LogP contribution in [0.3, 0.4) is 0 Å². The van der Waals surface area contributed by atoms with Crippen LogP contribution >= 0.6 is 0 Å². The molecule has 1 amide bonds. The van der Waals surface area contributed by atoms with Gasteiger partial charge in [-0.05, 0) is 25.2 Å². The van der Waals surface area contributed by atoms with Crippen LogP contribution in [0.2, 0.25) is 0 Å². The third-order valence-electron chi connectivity index (χ3n) is 2.96. The third-order valence-corrected chi connectivity index (χ3v) is 2.96. The zero-order valence-electron chi connectivity index (χ0n) is 10.2. The lowest BCUT2D eigenvalue weighted by Gasteiger charge is -2.05. The summed E-state index contributed by atoms with van der Waals surface area (Å²) in [5.74, 6) is 1.49. The quantitative estimate of drug-likeness (QED) is 0.614. The van der Waals surface area contributed by atoms with E-state index < -0.39 is 0 Å². The Morgan fingerprint density at radius 3 is 2.47 bits per heavy atom. The number of amides is 1. The molecule has 1 rings (SSSR count). The van der Waals surface area contributed by atoms with Crippen molar-refractivity contribution < 1.29 is 4.79 Å². The molecule has 0 spiro atoms. The van der Waals surface area contributed by atoms with Gasteiger partial charge >= 0.3 is 0 Å². The highest BCUT2D eigenvalue weighted by atomic mass is 16.2. The number of hydrogen-bond donors (Lipinski definition) is 1. The Kier molecular flexibility index (Phi) is 5.74. The first-order valence-electron chi connectivity index (χ1n) is 6.48. The molecule has 0 heterocycles. The highest BCUT2D eigenvalue weighted by Gasteiger charge is 2.28. The fourth-order valence-electron chi connectivity index (χ4n) is 1.73. The van der Waals surface area contributed by atoms with Gasteiger partial charge in [-0.1, -0.05) is 39.5 Å². The van der Waals surface area contributed by atoms with Crippen molar-refractivity contribution in [3.63, 3.8) is 0 Å². The molecular formula is C13H25NO. The standard InChI is InChI=1S/C13H25NO/c1-11(2)7-5-3-4-6-10-14-13(15)12-8-9-12/h11-12H,3-10H2,1-2H3,(H,14,15). The monoisotopic (exact) mass is 211 g/mol. The summed E-state index contributed by atoms with van der Waals surface area (Å²) in [6.45, 7) is 5.43. The van der Waals surface area contributed by atoms with E-state index in [2.05, 4.69) is 19.2 Å². The molecule has 1 N–H and O–H groups in total. The maximum absolute atomic E-state index is 11.3. The van der Waals surface area contributed by atoms with Crippen LogP contribution in [0, 0.1) is 11.8 Å². The highest BCUT2D eigenvalue weighted by molar-refractivity contribution is 5.80. The van der Waals surface area contributed by atoms with E-state index in [0.29, 0.717) is 5.92 Å². The molecule has 0 radical (unpaired) electrons. The number of carbonyl (C=O) groups is 1. The minimum absolute atomic E-state index is 0.289. The summed E-state index contributed by atoms with van der Waals surface area (Å²) in [6, 6.07) is 0. The molecule has 1 fully saturated rings. The van der Waals surface area contributed by atoms with Gasteiger partial charge in [0, 0.05) is 12.5 Å². The van der Waals surface area contributed by atoms with E-state index >= 15 is 0 Å². The first-order valence-corrected chi connectivity index (χ1v) is 6.48. The van der Waals surface area contributed by atoms with Gasteiger partial charge in [-0.3, -0.25) is 4.79 Å². The van der Waals surface area contributed by atoms with Crippen molar-refractivity contribution in [3.05, 3.63) is 0 Å². The minimum Gasteiger partial charge on any atom is -0.356 e. The number of hydrogen-bond acceptors (Lipinski definition) is 1. The Labute approximate surface area is 93.8 Å². The van der Waals surface area contributed by atoms with Crippen LogP contribution in [0.1, 0.15) is 58.8 Å². The second-order valence-electron chi connectivity index (χ2n) is 5.16. The van der Waals surface area contributed by atoms with Crippen molar-refractivity contribution in [2.75, 3.05) is 6.54 Å². The number of nitrogens with one attached hydrogen (secondary N) is 1. The number of rotatable bonds is 8. The highest BCUT2D eigenvalue weighted by Crippen LogP contribution is 2.28. The Bertz CT molecular complexity index is 185. The molecule has 1 aliphatic carbocycles. The van der Waals surface area contributed by atoms with Crippen molar-refractivity contribution in [1.29, 1.82) is 0 Å². The predicted octanol–water partition coefficient (Wildman–Crippen LogP) is 3.12. The van der Waals surface area contributed by atoms with Gasteiger partial charge in [-0.25, -0.2) is 0 Å². The minimum atomic E-state index is 0.289. The molecule has 1 saturated carbocycles. The topological polar surface area (TPSA) is 29.1 Å². The molecule has 15 heavy (non-hydrogen) atoms. The summed E-state index contributed by atoms with van der Waals surface area (Å²) in [5.41, 5.74) is 0. The maximum atomic E-state index is 11.3. The molecule has 0 aliphatic heterocycles. The fraction of sp³-hybridized carbons (Fsp3) is 0.923. The summed E-state index contributed by atoms with van der Waals surface area (Å²) >= 11 is 0. The molecular weight excluding hydrogens is 186 g/mol. The van der Waals surface area contributed by atoms with Gasteiger partial charge in [0.25, 0.3) is 0 Å². The van der Waals surface area contributed by atoms with E-state index in [1.807, 2.05) is 0 Å². The van der Waals surface area contributed by atoms with Gasteiger partial charge in [0.2, 0.25) is 5.91 Å². The van der Waals surface area contributed by atoms with E-state index in [1.54, 1.807) is 0 Å². The second kappa shape index (κ2) is 6.86. The van der Waals surface area contributed by atoms with Gasteiger partial charge in [0.05, 0.1) is 0 Å². The Morgan fingerprint density at radius 2 is 1.87 bits per heavy atom. The molecule has 0 aromatic rings. The van der Waals surface area contributed by atoms with Crippen molar-refractivity contribution in [2.45, 2.75) is 58.8 Å². The molecule has 88 valence electrons. The Balaban J connectivity index is 1.78. The van der Waals surface area contributed by atoms with Crippen LogP contribution in [0.5, 0.6) is 0 Å². The van der Waals surface area contributed by atoms with Crippen LogP contribution in [0.15, 0.2) is 0 Å². The number of carbonyl (C=O) groups excluding carboxylic acids is 1. The number of unbranched alkanes of at least 4 members (excludes halogenated alkanes) is 3. The summed E-state index contributed by atoms with van der Waals surface area (Å²) in [4.78, 5) is 11.3. The van der Waals surface area contributed by atoms with Crippen LogP contribution in [0.4, 0.5) is 0 Å². The van der Waals surface area contributed by atoms with Gasteiger partial charge in [0.1, 0.15) is 0 Å². The van der Waals surface area contributed by atoms with Crippen LogP contribution < -0.4 is 5.32 Å². The fourth-order valence-corrected chi connectivity index (χ4v) is 1.73. The molecule has 2 heteroatoms. The lowest BCUT2D eigenvalue weighted by Crippen LogP contribution is -2.25. The molecule has 0 bridgehead atoms. The molecule has 0 aromatic heterocycles. The van der Waals surface area contributed by atoms with E-state index in [1.165, 1.54) is 25.7 Å². The van der Waals surface area contributed by atoms with Crippen LogP contribution in [0.25, 0.3) is 0 Å². The first-order chi connectivity index (χ1) is 7.20. The van der Waals surface area contributed by atoms with Crippen molar-refractivity contribution in [1.82, 2.24) is 5.32 Å². The zero-order valence-corrected chi connectivity index (χ0v) is 10.2. The smallest absolute Gasteiger partial charge is 0.223 e. The van der Waals surface area contributed by atoms with Crippen molar-refractivity contribution in [2.24, 2.45) is 11.8 Å². The molecule has 0 saturated heterocycles. The molecule has 0 aromatic carbocycles. The normalized spacial score (nSPS) is 15.7. The molecule has 1 aliphatic rings. The van der Waals surface area contributed by atoms with E-state index in [9.17, 15) is 4.79 Å². The van der Waals surface area contributed by atoms with Crippen LogP contribution in [-0.2, 0) is 4.79 Å². The van der Waals surface area contributed by atoms with Gasteiger partial charge < -0.3 is 5.32 Å². The molecule has 0 unspecified atom stereocenters. The third kappa shape index (κ3) is 6.53. The average Bonchev–Trinajstić information content (AvgIpc) is 2.98. The van der Waals surface area contributed by atoms with Gasteiger partial charge in [0.15, 0.2) is 0 Å². The lowest BCUT2D eigenvalue weighted by atomic mass is 10.0. The van der Waals surface area contributed by atoms with E-state index in [0.717, 1.165) is 31.7 Å². The Hall–Kier alpha value is -0.530. The second-order valence-corrected chi connectivity index (χ2v) is 5.16. The molecule has 0 atom stereocenters. The van der Waals surface area contributed by atoms with E-state index in [-0.39, 0.29) is 5.91 Å². The van der Waals surface area contributed by atoms with Gasteiger partial charge in [-0.15, -0.1) is 0 Å². The zero-order chi connectivity index (χ0) is 11.1. The SMILES string of the molecule is CC(C)CCCCCCNC(=O)C1CC1. The summed E-state index contributed by atoms with van der Waals surface area (Å²) in [5, 5.41) is 3.01. The summed E-state index contributed by atoms with van der Waals surface area (Å²) < 4.78 is 0. The first kappa shape index (κ1) is 12.5. The van der Waals surface area contributed by atoms with E-state index in [4.69, 9.17) is 0 Å². The molecule has 2 nitrogen and oxygen atoms in total. The van der Waals surface area contributed by atoms with Gasteiger partial charge in [-0.2, -0.15) is 0 Å². The maximum Gasteiger partial charge on any atom is 0.223 e. The average molecular weight is 211 g/mol. The van der Waals surface area contributed by atoms with Crippen molar-refractivity contribution >= 4 is 5.91 Å². The largest absolute Gasteiger partial charge is 0.356 e. The summed E-state index contributed by atoms with van der Waals surface area (Å²) in [7, 11) is 0. The summed E-state index contributed by atoms with van der Waals surface area (Å²) in [6.07, 6.45) is 8.63.